The molecule has 0 aliphatic carbocycles. The zero-order chi connectivity index (χ0) is 17.7. The normalized spacial score (nSPS) is 11.6. The van der Waals surface area contributed by atoms with Gasteiger partial charge >= 0.3 is 0 Å². The molecular weight excluding hydrogens is 445 g/mol. The summed E-state index contributed by atoms with van der Waals surface area (Å²) in [6.45, 7) is 0. The lowest BCUT2D eigenvalue weighted by Gasteiger charge is -2.07. The largest absolute Gasteiger partial charge is 0.496 e. The Kier molecular flexibility index (Phi) is 5.94. The van der Waals surface area contributed by atoms with Crippen molar-refractivity contribution in [1.82, 2.24) is 0 Å². The van der Waals surface area contributed by atoms with Gasteiger partial charge in [-0.2, -0.15) is 0 Å². The Morgan fingerprint density at radius 1 is 1.21 bits per heavy atom. The molecule has 2 aromatic rings. The Labute approximate surface area is 153 Å². The summed E-state index contributed by atoms with van der Waals surface area (Å²) < 4.78 is 30.7. The van der Waals surface area contributed by atoms with Crippen molar-refractivity contribution >= 4 is 44.2 Å². The molecule has 0 saturated heterocycles. The number of rotatable bonds is 6. The predicted octanol–water partition coefficient (Wildman–Crippen LogP) is 3.79. The maximum absolute atomic E-state index is 12.3. The quantitative estimate of drug-likeness (QED) is 0.373. The van der Waals surface area contributed by atoms with Crippen LogP contribution in [-0.4, -0.2) is 20.5 Å². The molecule has 0 saturated carbocycles. The fraction of sp³-hybridized carbons (Fsp3) is 0.125. The Morgan fingerprint density at radius 2 is 1.88 bits per heavy atom. The molecule has 0 bridgehead atoms. The number of benzene rings is 2. The van der Waals surface area contributed by atoms with E-state index in [1.54, 1.807) is 0 Å². The van der Waals surface area contributed by atoms with Crippen molar-refractivity contribution in [3.63, 3.8) is 0 Å². The van der Waals surface area contributed by atoms with Crippen LogP contribution < -0.4 is 4.74 Å². The van der Waals surface area contributed by atoms with E-state index in [0.717, 1.165) is 14.5 Å². The Balaban J connectivity index is 2.26. The van der Waals surface area contributed by atoms with Crippen molar-refractivity contribution in [3.05, 3.63) is 72.7 Å². The third-order valence-electron chi connectivity index (χ3n) is 3.17. The van der Waals surface area contributed by atoms with Crippen molar-refractivity contribution in [1.29, 1.82) is 0 Å². The van der Waals surface area contributed by atoms with Crippen LogP contribution in [0.1, 0.15) is 11.1 Å². The van der Waals surface area contributed by atoms with Crippen LogP contribution in [-0.2, 0) is 15.6 Å². The standard InChI is InChI=1S/C16H14INO5S/c1-23-16-7-6-15(18(19)20)10-13(16)11-24(21,22)9-8-12-2-4-14(17)5-3-12/h2-10H,11H2,1H3. The third kappa shape index (κ3) is 5.03. The Morgan fingerprint density at radius 3 is 2.46 bits per heavy atom. The molecule has 0 radical (unpaired) electrons. The Bertz CT molecular complexity index is 876. The second-order valence-corrected chi connectivity index (χ2v) is 8.05. The maximum atomic E-state index is 12.3. The number of nitro groups is 1. The summed E-state index contributed by atoms with van der Waals surface area (Å²) in [6, 6.07) is 11.2. The minimum atomic E-state index is -3.60. The topological polar surface area (TPSA) is 86.5 Å². The molecule has 0 fully saturated rings. The molecule has 0 aromatic heterocycles. The van der Waals surface area contributed by atoms with E-state index in [1.165, 1.54) is 31.4 Å². The van der Waals surface area contributed by atoms with E-state index in [9.17, 15) is 18.5 Å². The lowest BCUT2D eigenvalue weighted by molar-refractivity contribution is -0.384. The molecule has 8 heteroatoms. The van der Waals surface area contributed by atoms with Gasteiger partial charge < -0.3 is 4.74 Å². The summed E-state index contributed by atoms with van der Waals surface area (Å²) in [5.74, 6) is -0.0783. The number of sulfone groups is 1. The number of ether oxygens (including phenoxy) is 1. The number of hydrogen-bond acceptors (Lipinski definition) is 5. The third-order valence-corrected chi connectivity index (χ3v) is 5.15. The highest BCUT2D eigenvalue weighted by Gasteiger charge is 2.16. The molecule has 0 atom stereocenters. The van der Waals surface area contributed by atoms with Gasteiger partial charge in [-0.15, -0.1) is 0 Å². The van der Waals surface area contributed by atoms with Crippen molar-refractivity contribution in [3.8, 4) is 5.75 Å². The van der Waals surface area contributed by atoms with Gasteiger partial charge in [0.05, 0.1) is 17.8 Å². The van der Waals surface area contributed by atoms with Crippen LogP contribution in [0.2, 0.25) is 0 Å². The van der Waals surface area contributed by atoms with E-state index in [1.807, 2.05) is 24.3 Å². The van der Waals surface area contributed by atoms with Crippen LogP contribution in [0, 0.1) is 13.7 Å². The fourth-order valence-corrected chi connectivity index (χ4v) is 3.49. The number of nitrogens with zero attached hydrogens (tertiary/aromatic N) is 1. The van der Waals surface area contributed by atoms with E-state index in [-0.39, 0.29) is 17.0 Å². The van der Waals surface area contributed by atoms with E-state index in [0.29, 0.717) is 5.75 Å². The van der Waals surface area contributed by atoms with Gasteiger partial charge in [0.1, 0.15) is 5.75 Å². The first-order chi connectivity index (χ1) is 11.3. The molecule has 0 spiro atoms. The van der Waals surface area contributed by atoms with Gasteiger partial charge in [0.15, 0.2) is 9.84 Å². The smallest absolute Gasteiger partial charge is 0.270 e. The molecule has 0 unspecified atom stereocenters. The fourth-order valence-electron chi connectivity index (χ4n) is 2.01. The van der Waals surface area contributed by atoms with Crippen LogP contribution >= 0.6 is 22.6 Å². The molecule has 0 N–H and O–H groups in total. The average molecular weight is 459 g/mol. The van der Waals surface area contributed by atoms with Crippen molar-refractivity contribution in [2.24, 2.45) is 0 Å². The van der Waals surface area contributed by atoms with Gasteiger partial charge in [-0.1, -0.05) is 12.1 Å². The summed E-state index contributed by atoms with van der Waals surface area (Å²) in [6.07, 6.45) is 1.50. The van der Waals surface area contributed by atoms with Crippen LogP contribution in [0.15, 0.2) is 47.9 Å². The zero-order valence-corrected chi connectivity index (χ0v) is 15.7. The number of methoxy groups -OCH3 is 1. The van der Waals surface area contributed by atoms with Gasteiger partial charge in [0, 0.05) is 26.7 Å². The Hall–Kier alpha value is -1.94. The monoisotopic (exact) mass is 459 g/mol. The molecule has 0 amide bonds. The van der Waals surface area contributed by atoms with E-state index >= 15 is 0 Å². The minimum absolute atomic E-state index is 0.178. The minimum Gasteiger partial charge on any atom is -0.496 e. The van der Waals surface area contributed by atoms with Crippen LogP contribution in [0.3, 0.4) is 0 Å². The first kappa shape index (κ1) is 18.4. The predicted molar refractivity (Wildman–Crippen MR) is 100 cm³/mol. The van der Waals surface area contributed by atoms with Gasteiger partial charge in [0.25, 0.3) is 5.69 Å². The molecule has 0 aliphatic rings. The summed E-state index contributed by atoms with van der Waals surface area (Å²) in [4.78, 5) is 10.3. The van der Waals surface area contributed by atoms with E-state index in [2.05, 4.69) is 22.6 Å². The summed E-state index contributed by atoms with van der Waals surface area (Å²) >= 11 is 2.16. The van der Waals surface area contributed by atoms with Crippen LogP contribution in [0.5, 0.6) is 5.75 Å². The molecule has 6 nitrogen and oxygen atoms in total. The molecule has 2 rings (SSSR count). The van der Waals surface area contributed by atoms with Gasteiger partial charge in [-0.05, 0) is 52.4 Å². The SMILES string of the molecule is COc1ccc([N+](=O)[O-])cc1CS(=O)(=O)C=Cc1ccc(I)cc1. The van der Waals surface area contributed by atoms with E-state index < -0.39 is 14.8 Å². The molecule has 2 aromatic carbocycles. The highest BCUT2D eigenvalue weighted by molar-refractivity contribution is 14.1. The molecule has 0 heterocycles. The lowest BCUT2D eigenvalue weighted by atomic mass is 10.2. The van der Waals surface area contributed by atoms with Crippen molar-refractivity contribution in [2.45, 2.75) is 5.75 Å². The highest BCUT2D eigenvalue weighted by atomic mass is 127. The maximum Gasteiger partial charge on any atom is 0.270 e. The number of non-ortho nitro benzene ring substituents is 1. The summed E-state index contributed by atoms with van der Waals surface area (Å²) in [5.41, 5.74) is 0.826. The van der Waals surface area contributed by atoms with Crippen molar-refractivity contribution < 1.29 is 18.1 Å². The van der Waals surface area contributed by atoms with Crippen molar-refractivity contribution in [2.75, 3.05) is 7.11 Å². The second-order valence-electron chi connectivity index (χ2n) is 4.91. The van der Waals surface area contributed by atoms with E-state index in [4.69, 9.17) is 4.74 Å². The first-order valence-corrected chi connectivity index (χ1v) is 9.58. The number of nitro benzene ring substituents is 1. The summed E-state index contributed by atoms with van der Waals surface area (Å²) in [7, 11) is -2.22. The number of hydrogen-bond donors (Lipinski definition) is 0. The van der Waals surface area contributed by atoms with Crippen LogP contribution in [0.4, 0.5) is 5.69 Å². The molecule has 24 heavy (non-hydrogen) atoms. The molecule has 0 aliphatic heterocycles. The lowest BCUT2D eigenvalue weighted by Crippen LogP contribution is -2.03. The van der Waals surface area contributed by atoms with Gasteiger partial charge in [-0.25, -0.2) is 8.42 Å². The average Bonchev–Trinajstić information content (AvgIpc) is 2.54. The summed E-state index contributed by atoms with van der Waals surface area (Å²) in [5, 5.41) is 12.0. The highest BCUT2D eigenvalue weighted by Crippen LogP contribution is 2.26. The van der Waals surface area contributed by atoms with Crippen LogP contribution in [0.25, 0.3) is 6.08 Å². The number of halogens is 1. The zero-order valence-electron chi connectivity index (χ0n) is 12.7. The second kappa shape index (κ2) is 7.75. The molecule has 126 valence electrons. The molecular formula is C16H14INO5S. The van der Waals surface area contributed by atoms with Gasteiger partial charge in [-0.3, -0.25) is 10.1 Å². The van der Waals surface area contributed by atoms with Gasteiger partial charge in [0.2, 0.25) is 0 Å². The first-order valence-electron chi connectivity index (χ1n) is 6.78.